The van der Waals surface area contributed by atoms with Gasteiger partial charge >= 0.3 is 0 Å². The first-order valence-electron chi connectivity index (χ1n) is 5.59. The molecule has 0 radical (unpaired) electrons. The summed E-state index contributed by atoms with van der Waals surface area (Å²) in [6, 6.07) is 4.68. The lowest BCUT2D eigenvalue weighted by atomic mass is 9.98. The minimum Gasteiger partial charge on any atom is -0.494 e. The fourth-order valence-electron chi connectivity index (χ4n) is 1.96. The van der Waals surface area contributed by atoms with E-state index in [0.29, 0.717) is 19.8 Å². The number of ether oxygens (including phenoxy) is 2. The summed E-state index contributed by atoms with van der Waals surface area (Å²) in [4.78, 5) is 0. The molecular formula is C12H17FN2O2. The van der Waals surface area contributed by atoms with E-state index in [1.165, 1.54) is 13.2 Å². The largest absolute Gasteiger partial charge is 0.494 e. The molecule has 1 aliphatic rings. The van der Waals surface area contributed by atoms with E-state index in [0.717, 1.165) is 12.1 Å². The van der Waals surface area contributed by atoms with E-state index in [1.54, 1.807) is 12.1 Å². The molecule has 4 nitrogen and oxygen atoms in total. The maximum atomic E-state index is 13.3. The van der Waals surface area contributed by atoms with Crippen molar-refractivity contribution in [2.75, 3.05) is 32.2 Å². The lowest BCUT2D eigenvalue weighted by Crippen LogP contribution is -2.46. The van der Waals surface area contributed by atoms with Gasteiger partial charge in [0.15, 0.2) is 11.6 Å². The summed E-state index contributed by atoms with van der Waals surface area (Å²) in [5, 5.41) is 3.31. The zero-order valence-electron chi connectivity index (χ0n) is 9.83. The Morgan fingerprint density at radius 1 is 1.59 bits per heavy atom. The molecule has 3 N–H and O–H groups in total. The van der Waals surface area contributed by atoms with Crippen LogP contribution >= 0.6 is 0 Å². The molecule has 1 aromatic rings. The Labute approximate surface area is 99.9 Å². The third kappa shape index (κ3) is 2.50. The number of rotatable bonds is 4. The number of benzene rings is 1. The van der Waals surface area contributed by atoms with Gasteiger partial charge in [-0.05, 0) is 18.6 Å². The number of nitrogens with one attached hydrogen (secondary N) is 1. The van der Waals surface area contributed by atoms with E-state index in [4.69, 9.17) is 15.2 Å². The summed E-state index contributed by atoms with van der Waals surface area (Å²) in [5.74, 6) is -0.149. The van der Waals surface area contributed by atoms with Gasteiger partial charge in [-0.2, -0.15) is 0 Å². The highest BCUT2D eigenvalue weighted by Crippen LogP contribution is 2.27. The topological polar surface area (TPSA) is 56.5 Å². The third-order valence-electron chi connectivity index (χ3n) is 3.05. The molecular weight excluding hydrogens is 223 g/mol. The standard InChI is InChI=1S/C12H17FN2O2/c1-16-11-6-9(2-3-10(11)13)15-12(7-14)4-5-17-8-12/h2-3,6,15H,4-5,7-8,14H2,1H3. The Morgan fingerprint density at radius 3 is 3.00 bits per heavy atom. The molecule has 1 fully saturated rings. The van der Waals surface area contributed by atoms with Crippen molar-refractivity contribution in [1.29, 1.82) is 0 Å². The van der Waals surface area contributed by atoms with E-state index < -0.39 is 0 Å². The van der Waals surface area contributed by atoms with Gasteiger partial charge in [0.25, 0.3) is 0 Å². The van der Waals surface area contributed by atoms with Crippen LogP contribution in [0.5, 0.6) is 5.75 Å². The number of methoxy groups -OCH3 is 1. The Balaban J connectivity index is 2.17. The van der Waals surface area contributed by atoms with Crippen LogP contribution in [0.4, 0.5) is 10.1 Å². The Bertz CT molecular complexity index is 392. The van der Waals surface area contributed by atoms with Crippen LogP contribution in [0.15, 0.2) is 18.2 Å². The van der Waals surface area contributed by atoms with Crippen LogP contribution in [0.2, 0.25) is 0 Å². The van der Waals surface area contributed by atoms with Crippen LogP contribution in [0, 0.1) is 5.82 Å². The molecule has 1 unspecified atom stereocenters. The van der Waals surface area contributed by atoms with Gasteiger partial charge in [0.05, 0.1) is 19.3 Å². The summed E-state index contributed by atoms with van der Waals surface area (Å²) in [6.07, 6.45) is 0.850. The molecule has 1 aliphatic heterocycles. The summed E-state index contributed by atoms with van der Waals surface area (Å²) >= 11 is 0. The number of nitrogens with two attached hydrogens (primary N) is 1. The second-order valence-corrected chi connectivity index (χ2v) is 4.26. The lowest BCUT2D eigenvalue weighted by Gasteiger charge is -2.28. The second-order valence-electron chi connectivity index (χ2n) is 4.26. The highest BCUT2D eigenvalue weighted by Gasteiger charge is 2.33. The molecule has 1 saturated heterocycles. The van der Waals surface area contributed by atoms with Crippen molar-refractivity contribution < 1.29 is 13.9 Å². The van der Waals surface area contributed by atoms with Crippen molar-refractivity contribution in [2.45, 2.75) is 12.0 Å². The Morgan fingerprint density at radius 2 is 2.41 bits per heavy atom. The molecule has 0 spiro atoms. The van der Waals surface area contributed by atoms with Crippen molar-refractivity contribution in [3.8, 4) is 5.75 Å². The fraction of sp³-hybridized carbons (Fsp3) is 0.500. The normalized spacial score (nSPS) is 23.7. The van der Waals surface area contributed by atoms with Crippen molar-refractivity contribution in [2.24, 2.45) is 5.73 Å². The van der Waals surface area contributed by atoms with Crippen LogP contribution in [0.1, 0.15) is 6.42 Å². The lowest BCUT2D eigenvalue weighted by molar-refractivity contribution is 0.183. The number of halogens is 1. The number of anilines is 1. The third-order valence-corrected chi connectivity index (χ3v) is 3.05. The predicted molar refractivity (Wildman–Crippen MR) is 63.8 cm³/mol. The molecule has 1 aromatic carbocycles. The minimum absolute atomic E-state index is 0.223. The van der Waals surface area contributed by atoms with Gasteiger partial charge in [0.2, 0.25) is 0 Å². The van der Waals surface area contributed by atoms with Gasteiger partial charge in [-0.1, -0.05) is 0 Å². The average molecular weight is 240 g/mol. The SMILES string of the molecule is COc1cc(NC2(CN)CCOC2)ccc1F. The molecule has 94 valence electrons. The Hall–Kier alpha value is -1.33. The van der Waals surface area contributed by atoms with Crippen LogP contribution in [-0.4, -0.2) is 32.4 Å². The van der Waals surface area contributed by atoms with Gasteiger partial charge < -0.3 is 20.5 Å². The zero-order chi connectivity index (χ0) is 12.3. The van der Waals surface area contributed by atoms with E-state index in [1.807, 2.05) is 0 Å². The van der Waals surface area contributed by atoms with Crippen LogP contribution in [0.3, 0.4) is 0 Å². The molecule has 2 rings (SSSR count). The van der Waals surface area contributed by atoms with Crippen LogP contribution < -0.4 is 15.8 Å². The van der Waals surface area contributed by atoms with Gasteiger partial charge in [0, 0.05) is 24.9 Å². The second kappa shape index (κ2) is 4.89. The number of hydrogen-bond acceptors (Lipinski definition) is 4. The smallest absolute Gasteiger partial charge is 0.165 e. The Kier molecular flexibility index (Phi) is 3.49. The average Bonchev–Trinajstić information content (AvgIpc) is 2.81. The highest BCUT2D eigenvalue weighted by molar-refractivity contribution is 5.51. The van der Waals surface area contributed by atoms with Gasteiger partial charge in [0.1, 0.15) is 0 Å². The predicted octanol–water partition coefficient (Wildman–Crippen LogP) is 1.36. The van der Waals surface area contributed by atoms with Crippen molar-refractivity contribution >= 4 is 5.69 Å². The summed E-state index contributed by atoms with van der Waals surface area (Å²) in [7, 11) is 1.44. The van der Waals surface area contributed by atoms with E-state index in [2.05, 4.69) is 5.32 Å². The molecule has 0 saturated carbocycles. The summed E-state index contributed by atoms with van der Waals surface area (Å²) in [6.45, 7) is 1.75. The summed E-state index contributed by atoms with van der Waals surface area (Å²) in [5.41, 5.74) is 6.31. The maximum absolute atomic E-state index is 13.3. The molecule has 0 aromatic heterocycles. The van der Waals surface area contributed by atoms with Crippen molar-refractivity contribution in [3.63, 3.8) is 0 Å². The first-order valence-corrected chi connectivity index (χ1v) is 5.59. The molecule has 1 atom stereocenters. The van der Waals surface area contributed by atoms with Gasteiger partial charge in [-0.15, -0.1) is 0 Å². The van der Waals surface area contributed by atoms with Crippen molar-refractivity contribution in [3.05, 3.63) is 24.0 Å². The van der Waals surface area contributed by atoms with Gasteiger partial charge in [-0.3, -0.25) is 0 Å². The molecule has 17 heavy (non-hydrogen) atoms. The van der Waals surface area contributed by atoms with Crippen LogP contribution in [0.25, 0.3) is 0 Å². The van der Waals surface area contributed by atoms with Crippen molar-refractivity contribution in [1.82, 2.24) is 0 Å². The molecule has 0 amide bonds. The first-order chi connectivity index (χ1) is 8.19. The molecule has 0 aliphatic carbocycles. The zero-order valence-corrected chi connectivity index (χ0v) is 9.83. The summed E-state index contributed by atoms with van der Waals surface area (Å²) < 4.78 is 23.6. The van der Waals surface area contributed by atoms with E-state index in [-0.39, 0.29) is 17.1 Å². The number of hydrogen-bond donors (Lipinski definition) is 2. The molecule has 0 bridgehead atoms. The minimum atomic E-state index is -0.373. The van der Waals surface area contributed by atoms with Gasteiger partial charge in [-0.25, -0.2) is 4.39 Å². The monoisotopic (exact) mass is 240 g/mol. The maximum Gasteiger partial charge on any atom is 0.165 e. The first kappa shape index (κ1) is 12.1. The van der Waals surface area contributed by atoms with E-state index >= 15 is 0 Å². The van der Waals surface area contributed by atoms with Crippen LogP contribution in [-0.2, 0) is 4.74 Å². The van der Waals surface area contributed by atoms with E-state index in [9.17, 15) is 4.39 Å². The molecule has 5 heteroatoms. The highest BCUT2D eigenvalue weighted by atomic mass is 19.1. The fourth-order valence-corrected chi connectivity index (χ4v) is 1.96. The quantitative estimate of drug-likeness (QED) is 0.834. The molecule has 1 heterocycles.